The molecule has 2 aromatic rings. The topological polar surface area (TPSA) is 145 Å². The Morgan fingerprint density at radius 2 is 2.00 bits per heavy atom. The summed E-state index contributed by atoms with van der Waals surface area (Å²) in [5, 5.41) is 14.4. The van der Waals surface area contributed by atoms with Gasteiger partial charge in [-0.1, -0.05) is 17.7 Å². The van der Waals surface area contributed by atoms with Crippen molar-refractivity contribution in [2.75, 3.05) is 16.4 Å². The lowest BCUT2D eigenvalue weighted by Gasteiger charge is -2.08. The number of nitrogen functional groups attached to an aromatic ring is 1. The molecule has 0 aliphatic carbocycles. The van der Waals surface area contributed by atoms with E-state index < -0.39 is 16.0 Å². The summed E-state index contributed by atoms with van der Waals surface area (Å²) in [6, 6.07) is 11.4. The minimum absolute atomic E-state index is 0.212. The summed E-state index contributed by atoms with van der Waals surface area (Å²) >= 11 is 5.96. The van der Waals surface area contributed by atoms with Crippen molar-refractivity contribution in [1.82, 2.24) is 0 Å². The minimum atomic E-state index is -4.36. The lowest BCUT2D eigenvalue weighted by Crippen LogP contribution is -2.15. The molecule has 0 aliphatic rings. The number of halogens is 1. The SMILES string of the molecule is N#C/C(=C/Nc1cccc(S(=O)(=O)O)c1)C(=O)Nc1ccc(N)cc1Cl. The molecular weight excluding hydrogens is 380 g/mol. The Morgan fingerprint density at radius 3 is 2.62 bits per heavy atom. The smallest absolute Gasteiger partial charge is 0.294 e. The van der Waals surface area contributed by atoms with Crippen LogP contribution in [-0.2, 0) is 14.9 Å². The first-order chi connectivity index (χ1) is 12.2. The third kappa shape index (κ3) is 4.97. The number of anilines is 3. The van der Waals surface area contributed by atoms with Crippen molar-refractivity contribution in [3.05, 3.63) is 59.3 Å². The van der Waals surface area contributed by atoms with E-state index in [1.54, 1.807) is 6.07 Å². The third-order valence-electron chi connectivity index (χ3n) is 3.12. The number of nitrogens with two attached hydrogens (primary N) is 1. The predicted molar refractivity (Wildman–Crippen MR) is 98.1 cm³/mol. The van der Waals surface area contributed by atoms with Crippen LogP contribution in [0.4, 0.5) is 17.1 Å². The van der Waals surface area contributed by atoms with Crippen LogP contribution in [0.2, 0.25) is 5.02 Å². The molecule has 0 atom stereocenters. The molecule has 2 rings (SSSR count). The highest BCUT2D eigenvalue weighted by Crippen LogP contribution is 2.24. The van der Waals surface area contributed by atoms with Gasteiger partial charge in [0.2, 0.25) is 0 Å². The quantitative estimate of drug-likeness (QED) is 0.265. The second kappa shape index (κ2) is 7.88. The van der Waals surface area contributed by atoms with E-state index >= 15 is 0 Å². The molecule has 26 heavy (non-hydrogen) atoms. The molecular formula is C16H13ClN4O4S. The number of rotatable bonds is 5. The van der Waals surface area contributed by atoms with Gasteiger partial charge in [0.1, 0.15) is 11.6 Å². The molecule has 0 fully saturated rings. The first-order valence-corrected chi connectivity index (χ1v) is 8.83. The molecule has 5 N–H and O–H groups in total. The molecule has 0 spiro atoms. The standard InChI is InChI=1S/C16H13ClN4O4S/c17-14-6-11(19)4-5-15(14)21-16(22)10(8-18)9-20-12-2-1-3-13(7-12)26(23,24)25/h1-7,9,20H,19H2,(H,21,22)(H,23,24,25)/b10-9-. The van der Waals surface area contributed by atoms with Crippen LogP contribution in [0.15, 0.2) is 59.1 Å². The van der Waals surface area contributed by atoms with Gasteiger partial charge in [0, 0.05) is 17.6 Å². The number of amides is 1. The summed E-state index contributed by atoms with van der Waals surface area (Å²) in [4.78, 5) is 11.8. The maximum Gasteiger partial charge on any atom is 0.294 e. The van der Waals surface area contributed by atoms with Crippen LogP contribution in [0.25, 0.3) is 0 Å². The van der Waals surface area contributed by atoms with Crippen LogP contribution in [0, 0.1) is 11.3 Å². The van der Waals surface area contributed by atoms with Gasteiger partial charge in [-0.2, -0.15) is 13.7 Å². The fourth-order valence-corrected chi connectivity index (χ4v) is 2.64. The van der Waals surface area contributed by atoms with Crippen molar-refractivity contribution in [3.63, 3.8) is 0 Å². The van der Waals surface area contributed by atoms with E-state index in [1.807, 2.05) is 0 Å². The third-order valence-corrected chi connectivity index (χ3v) is 4.28. The fourth-order valence-electron chi connectivity index (χ4n) is 1.87. The van der Waals surface area contributed by atoms with E-state index in [0.717, 1.165) is 12.3 Å². The number of nitrogens with zero attached hydrogens (tertiary/aromatic N) is 1. The lowest BCUT2D eigenvalue weighted by atomic mass is 10.2. The van der Waals surface area contributed by atoms with Crippen LogP contribution >= 0.6 is 11.6 Å². The molecule has 0 unspecified atom stereocenters. The van der Waals surface area contributed by atoms with Gasteiger partial charge in [-0.25, -0.2) is 0 Å². The number of hydrogen-bond acceptors (Lipinski definition) is 6. The second-order valence-electron chi connectivity index (χ2n) is 5.01. The molecule has 0 aliphatic heterocycles. The van der Waals surface area contributed by atoms with E-state index in [4.69, 9.17) is 27.1 Å². The number of nitriles is 1. The zero-order valence-corrected chi connectivity index (χ0v) is 14.7. The molecule has 0 saturated carbocycles. The summed E-state index contributed by atoms with van der Waals surface area (Å²) in [6.45, 7) is 0. The zero-order valence-electron chi connectivity index (χ0n) is 13.1. The van der Waals surface area contributed by atoms with Crippen LogP contribution in [-0.4, -0.2) is 18.9 Å². The first-order valence-electron chi connectivity index (χ1n) is 7.01. The van der Waals surface area contributed by atoms with Gasteiger partial charge in [0.25, 0.3) is 16.0 Å². The van der Waals surface area contributed by atoms with Crippen molar-refractivity contribution in [3.8, 4) is 6.07 Å². The molecule has 134 valence electrons. The Bertz CT molecular complexity index is 1030. The van der Waals surface area contributed by atoms with E-state index in [0.29, 0.717) is 5.69 Å². The number of benzene rings is 2. The average molecular weight is 393 g/mol. The highest BCUT2D eigenvalue weighted by Gasteiger charge is 2.12. The lowest BCUT2D eigenvalue weighted by molar-refractivity contribution is -0.112. The van der Waals surface area contributed by atoms with Crippen molar-refractivity contribution in [1.29, 1.82) is 5.26 Å². The van der Waals surface area contributed by atoms with Crippen molar-refractivity contribution >= 4 is 44.7 Å². The van der Waals surface area contributed by atoms with E-state index in [1.165, 1.54) is 36.4 Å². The normalized spacial score (nSPS) is 11.5. The summed E-state index contributed by atoms with van der Waals surface area (Å²) in [6.07, 6.45) is 1.10. The van der Waals surface area contributed by atoms with Crippen molar-refractivity contribution in [2.24, 2.45) is 0 Å². The van der Waals surface area contributed by atoms with Gasteiger partial charge in [0.05, 0.1) is 15.6 Å². The molecule has 0 aromatic heterocycles. The maximum atomic E-state index is 12.2. The van der Waals surface area contributed by atoms with Gasteiger partial charge in [0.15, 0.2) is 0 Å². The van der Waals surface area contributed by atoms with Gasteiger partial charge >= 0.3 is 0 Å². The summed E-state index contributed by atoms with van der Waals surface area (Å²) in [5.41, 5.74) is 6.24. The Hall–Kier alpha value is -3.06. The molecule has 1 amide bonds. The Labute approximate surface area is 154 Å². The molecule has 0 bridgehead atoms. The average Bonchev–Trinajstić information content (AvgIpc) is 2.57. The van der Waals surface area contributed by atoms with E-state index in [9.17, 15) is 13.2 Å². The predicted octanol–water partition coefficient (Wildman–Crippen LogP) is 2.63. The highest BCUT2D eigenvalue weighted by atomic mass is 35.5. The van der Waals surface area contributed by atoms with E-state index in [2.05, 4.69) is 10.6 Å². The molecule has 0 radical (unpaired) electrons. The molecule has 0 heterocycles. The van der Waals surface area contributed by atoms with E-state index in [-0.39, 0.29) is 26.9 Å². The number of nitrogens with one attached hydrogen (secondary N) is 2. The number of carbonyl (C=O) groups excluding carboxylic acids is 1. The first kappa shape index (κ1) is 19.3. The monoisotopic (exact) mass is 392 g/mol. The van der Waals surface area contributed by atoms with Crippen LogP contribution < -0.4 is 16.4 Å². The van der Waals surface area contributed by atoms with Crippen molar-refractivity contribution in [2.45, 2.75) is 4.90 Å². The largest absolute Gasteiger partial charge is 0.399 e. The number of hydrogen-bond donors (Lipinski definition) is 4. The van der Waals surface area contributed by atoms with Gasteiger partial charge < -0.3 is 16.4 Å². The number of carbonyl (C=O) groups is 1. The molecule has 8 nitrogen and oxygen atoms in total. The highest BCUT2D eigenvalue weighted by molar-refractivity contribution is 7.85. The zero-order chi connectivity index (χ0) is 19.3. The van der Waals surface area contributed by atoms with Crippen LogP contribution in [0.5, 0.6) is 0 Å². The fraction of sp³-hybridized carbons (Fsp3) is 0. The summed E-state index contributed by atoms with van der Waals surface area (Å²) in [5.74, 6) is -0.724. The van der Waals surface area contributed by atoms with Crippen LogP contribution in [0.1, 0.15) is 0 Å². The maximum absolute atomic E-state index is 12.2. The second-order valence-corrected chi connectivity index (χ2v) is 6.84. The molecule has 10 heteroatoms. The summed E-state index contributed by atoms with van der Waals surface area (Å²) in [7, 11) is -4.36. The minimum Gasteiger partial charge on any atom is -0.399 e. The van der Waals surface area contributed by atoms with Gasteiger partial charge in [-0.3, -0.25) is 9.35 Å². The van der Waals surface area contributed by atoms with Gasteiger partial charge in [-0.05, 0) is 36.4 Å². The Morgan fingerprint density at radius 1 is 1.27 bits per heavy atom. The van der Waals surface area contributed by atoms with Gasteiger partial charge in [-0.15, -0.1) is 0 Å². The molecule has 2 aromatic carbocycles. The Kier molecular flexibility index (Phi) is 5.84. The van der Waals surface area contributed by atoms with Crippen LogP contribution in [0.3, 0.4) is 0 Å². The molecule has 0 saturated heterocycles. The van der Waals surface area contributed by atoms with Crippen molar-refractivity contribution < 1.29 is 17.8 Å². The summed E-state index contributed by atoms with van der Waals surface area (Å²) < 4.78 is 31.3. The Balaban J connectivity index is 2.17.